The molecule has 4 rings (SSSR count). The molecule has 5 nitrogen and oxygen atoms in total. The summed E-state index contributed by atoms with van der Waals surface area (Å²) in [6, 6.07) is 13.3. The van der Waals surface area contributed by atoms with Crippen molar-refractivity contribution < 1.29 is 8.91 Å². The highest BCUT2D eigenvalue weighted by Crippen LogP contribution is 2.38. The zero-order valence-corrected chi connectivity index (χ0v) is 19.7. The van der Waals surface area contributed by atoms with Gasteiger partial charge < -0.3 is 14.7 Å². The molecule has 0 saturated carbocycles. The second-order valence-electron chi connectivity index (χ2n) is 8.20. The van der Waals surface area contributed by atoms with E-state index >= 15 is 0 Å². The van der Waals surface area contributed by atoms with Gasteiger partial charge in [-0.25, -0.2) is 4.39 Å². The first-order valence-electron chi connectivity index (χ1n) is 10.5. The van der Waals surface area contributed by atoms with Crippen molar-refractivity contribution in [2.75, 3.05) is 6.54 Å². The van der Waals surface area contributed by atoms with E-state index in [9.17, 15) is 4.39 Å². The van der Waals surface area contributed by atoms with Gasteiger partial charge in [0.15, 0.2) is 5.11 Å². The van der Waals surface area contributed by atoms with E-state index in [1.165, 1.54) is 12.1 Å². The van der Waals surface area contributed by atoms with Crippen molar-refractivity contribution in [2.24, 2.45) is 5.92 Å². The topological polar surface area (TPSA) is 54.2 Å². The maximum atomic E-state index is 13.3. The Morgan fingerprint density at radius 3 is 2.66 bits per heavy atom. The Bertz CT molecular complexity index is 1160. The van der Waals surface area contributed by atoms with E-state index in [0.717, 1.165) is 29.8 Å². The molecular weight excluding hydrogens is 447 g/mol. The average molecular weight is 471 g/mol. The number of allylic oxidation sites excluding steroid dienone is 1. The molecule has 0 fully saturated rings. The van der Waals surface area contributed by atoms with E-state index in [4.69, 9.17) is 28.3 Å². The lowest BCUT2D eigenvalue weighted by Crippen LogP contribution is -2.46. The first-order valence-corrected chi connectivity index (χ1v) is 11.3. The third-order valence-corrected chi connectivity index (χ3v) is 6.04. The normalized spacial score (nSPS) is 16.6. The summed E-state index contributed by atoms with van der Waals surface area (Å²) in [6.45, 7) is 7.16. The smallest absolute Gasteiger partial charge is 0.258 e. The molecule has 1 atom stereocenters. The predicted octanol–water partition coefficient (Wildman–Crippen LogP) is 6.24. The number of hydrogen-bond donors (Lipinski definition) is 1. The number of halogens is 2. The Kier molecular flexibility index (Phi) is 6.58. The van der Waals surface area contributed by atoms with Crippen LogP contribution in [0.2, 0.25) is 5.02 Å². The lowest BCUT2D eigenvalue weighted by atomic mass is 9.94. The first kappa shape index (κ1) is 22.4. The molecule has 0 radical (unpaired) electrons. The number of benzene rings is 2. The van der Waals surface area contributed by atoms with Crippen LogP contribution < -0.4 is 5.32 Å². The van der Waals surface area contributed by atoms with E-state index in [-0.39, 0.29) is 11.9 Å². The molecule has 2 heterocycles. The second kappa shape index (κ2) is 9.38. The van der Waals surface area contributed by atoms with Gasteiger partial charge in [-0.2, -0.15) is 4.98 Å². The van der Waals surface area contributed by atoms with Crippen molar-refractivity contribution in [3.63, 3.8) is 0 Å². The monoisotopic (exact) mass is 470 g/mol. The van der Waals surface area contributed by atoms with Crippen LogP contribution in [0.1, 0.15) is 44.7 Å². The molecule has 166 valence electrons. The Hall–Kier alpha value is -2.77. The van der Waals surface area contributed by atoms with Crippen LogP contribution >= 0.6 is 23.8 Å². The zero-order chi connectivity index (χ0) is 22.8. The van der Waals surface area contributed by atoms with E-state index < -0.39 is 0 Å². The van der Waals surface area contributed by atoms with Gasteiger partial charge in [-0.3, -0.25) is 0 Å². The molecule has 1 N–H and O–H groups in total. The fourth-order valence-electron chi connectivity index (χ4n) is 3.70. The molecule has 0 amide bonds. The molecule has 32 heavy (non-hydrogen) atoms. The highest BCUT2D eigenvalue weighted by Gasteiger charge is 2.34. The maximum Gasteiger partial charge on any atom is 0.258 e. The molecule has 0 aliphatic carbocycles. The van der Waals surface area contributed by atoms with Gasteiger partial charge in [0.2, 0.25) is 5.82 Å². The van der Waals surface area contributed by atoms with Crippen molar-refractivity contribution in [1.82, 2.24) is 20.4 Å². The first-order chi connectivity index (χ1) is 15.3. The van der Waals surface area contributed by atoms with Gasteiger partial charge in [-0.05, 0) is 73.4 Å². The highest BCUT2D eigenvalue weighted by atomic mass is 35.5. The molecule has 8 heteroatoms. The Labute approximate surface area is 197 Å². The van der Waals surface area contributed by atoms with Crippen molar-refractivity contribution in [2.45, 2.75) is 33.2 Å². The van der Waals surface area contributed by atoms with Crippen molar-refractivity contribution in [1.29, 1.82) is 0 Å². The van der Waals surface area contributed by atoms with Crippen LogP contribution in [0.4, 0.5) is 4.39 Å². The number of rotatable bonds is 6. The predicted molar refractivity (Wildman–Crippen MR) is 128 cm³/mol. The Morgan fingerprint density at radius 2 is 1.97 bits per heavy atom. The van der Waals surface area contributed by atoms with Crippen LogP contribution in [0.5, 0.6) is 0 Å². The summed E-state index contributed by atoms with van der Waals surface area (Å²) in [5.74, 6) is 0.999. The van der Waals surface area contributed by atoms with Crippen molar-refractivity contribution in [3.05, 3.63) is 76.5 Å². The summed E-state index contributed by atoms with van der Waals surface area (Å²) in [5, 5.41) is 8.85. The van der Waals surface area contributed by atoms with Crippen LogP contribution in [0.25, 0.3) is 17.0 Å². The van der Waals surface area contributed by atoms with Gasteiger partial charge in [0.1, 0.15) is 5.82 Å². The van der Waals surface area contributed by atoms with E-state index in [1.807, 2.05) is 31.2 Å². The van der Waals surface area contributed by atoms with Crippen molar-refractivity contribution in [3.8, 4) is 11.4 Å². The number of nitrogens with one attached hydrogen (secondary N) is 1. The largest absolute Gasteiger partial charge is 0.351 e. The molecule has 1 unspecified atom stereocenters. The third kappa shape index (κ3) is 4.69. The van der Waals surface area contributed by atoms with E-state index in [0.29, 0.717) is 33.3 Å². The third-order valence-electron chi connectivity index (χ3n) is 5.47. The molecule has 1 aromatic heterocycles. The maximum absolute atomic E-state index is 13.3. The summed E-state index contributed by atoms with van der Waals surface area (Å²) in [7, 11) is 0. The minimum absolute atomic E-state index is 0.294. The lowest BCUT2D eigenvalue weighted by molar-refractivity contribution is 0.390. The second-order valence-corrected chi connectivity index (χ2v) is 9.02. The quantitative estimate of drug-likeness (QED) is 0.430. The molecular formula is C24H24ClFN4OS. The zero-order valence-electron chi connectivity index (χ0n) is 18.1. The SMILES string of the molecule is CC1=C(c2nc(-c3ccc(F)cc3)no2)C(c2cccc(Cl)c2)NC(=S)N1CCC(C)C. The summed E-state index contributed by atoms with van der Waals surface area (Å²) in [5.41, 5.74) is 3.41. The van der Waals surface area contributed by atoms with Gasteiger partial charge in [-0.1, -0.05) is 42.7 Å². The molecule has 1 aliphatic rings. The van der Waals surface area contributed by atoms with Crippen LogP contribution in [-0.4, -0.2) is 26.7 Å². The standard InChI is InChI=1S/C24H24ClFN4OS/c1-14(2)11-12-30-15(3)20(21(27-24(30)32)17-5-4-6-18(25)13-17)23-28-22(29-31-23)16-7-9-19(26)10-8-16/h4-10,13-14,21H,11-12H2,1-3H3,(H,27,32). The fourth-order valence-corrected chi connectivity index (χ4v) is 4.24. The summed E-state index contributed by atoms with van der Waals surface area (Å²) in [4.78, 5) is 6.71. The lowest BCUT2D eigenvalue weighted by Gasteiger charge is -2.37. The van der Waals surface area contributed by atoms with Gasteiger partial charge in [-0.15, -0.1) is 0 Å². The van der Waals surface area contributed by atoms with Gasteiger partial charge in [0.05, 0.1) is 11.6 Å². The van der Waals surface area contributed by atoms with Gasteiger partial charge in [0, 0.05) is 22.8 Å². The van der Waals surface area contributed by atoms with Crippen LogP contribution in [0, 0.1) is 11.7 Å². The van der Waals surface area contributed by atoms with Crippen LogP contribution in [-0.2, 0) is 0 Å². The van der Waals surface area contributed by atoms with Crippen molar-refractivity contribution >= 4 is 34.5 Å². The summed E-state index contributed by atoms with van der Waals surface area (Å²) < 4.78 is 19.0. The van der Waals surface area contributed by atoms with E-state index in [1.54, 1.807) is 12.1 Å². The van der Waals surface area contributed by atoms with Gasteiger partial charge >= 0.3 is 0 Å². The van der Waals surface area contributed by atoms with Gasteiger partial charge in [0.25, 0.3) is 5.89 Å². The van der Waals surface area contributed by atoms with E-state index in [2.05, 4.69) is 34.2 Å². The molecule has 1 aliphatic heterocycles. The molecule has 2 aromatic carbocycles. The van der Waals surface area contributed by atoms with Crippen LogP contribution in [0.3, 0.4) is 0 Å². The summed E-state index contributed by atoms with van der Waals surface area (Å²) >= 11 is 12.0. The number of nitrogens with zero attached hydrogens (tertiary/aromatic N) is 3. The molecule has 0 saturated heterocycles. The fraction of sp³-hybridized carbons (Fsp3) is 0.292. The Morgan fingerprint density at radius 1 is 1.22 bits per heavy atom. The minimum atomic E-state index is -0.317. The number of aromatic nitrogens is 2. The molecule has 0 bridgehead atoms. The molecule has 3 aromatic rings. The average Bonchev–Trinajstić information content (AvgIpc) is 3.23. The molecule has 0 spiro atoms. The van der Waals surface area contributed by atoms with Crippen LogP contribution in [0.15, 0.2) is 58.8 Å². The highest BCUT2D eigenvalue weighted by molar-refractivity contribution is 7.80. The minimum Gasteiger partial charge on any atom is -0.351 e. The number of thiocarbonyl (C=S) groups is 1. The Balaban J connectivity index is 1.79. The number of hydrogen-bond acceptors (Lipinski definition) is 4. The summed E-state index contributed by atoms with van der Waals surface area (Å²) in [6.07, 6.45) is 0.985.